The predicted octanol–water partition coefficient (Wildman–Crippen LogP) is 2.21. The van der Waals surface area contributed by atoms with E-state index in [0.29, 0.717) is 18.5 Å². The lowest BCUT2D eigenvalue weighted by Crippen LogP contribution is -2.32. The summed E-state index contributed by atoms with van der Waals surface area (Å²) in [5, 5.41) is 2.77. The highest BCUT2D eigenvalue weighted by molar-refractivity contribution is 7.89. The lowest BCUT2D eigenvalue weighted by atomic mass is 10.1. The molecule has 0 aromatic heterocycles. The number of hydrogen-bond acceptors (Lipinski definition) is 3. The van der Waals surface area contributed by atoms with Crippen LogP contribution in [0.25, 0.3) is 0 Å². The fraction of sp³-hybridized carbons (Fsp3) is 0.533. The van der Waals surface area contributed by atoms with E-state index in [2.05, 4.69) is 10.0 Å². The van der Waals surface area contributed by atoms with E-state index in [-0.39, 0.29) is 16.8 Å². The second kappa shape index (κ2) is 7.56. The first-order chi connectivity index (χ1) is 9.81. The first kappa shape index (κ1) is 17.7. The van der Waals surface area contributed by atoms with Gasteiger partial charge < -0.3 is 5.32 Å². The van der Waals surface area contributed by atoms with Crippen LogP contribution in [0.1, 0.15) is 49.5 Å². The fourth-order valence-corrected chi connectivity index (χ4v) is 3.12. The molecule has 0 fully saturated rings. The maximum Gasteiger partial charge on any atom is 0.251 e. The Labute approximate surface area is 127 Å². The zero-order chi connectivity index (χ0) is 16.0. The molecule has 2 N–H and O–H groups in total. The standard InChI is InChI=1S/C15H24N2O3S/c1-5-9-16-15(18)14-10-13(8-7-11(14)3)21(19,20)17-12(4)6-2/h7-8,10,12,17H,5-6,9H2,1-4H3,(H,16,18)/t12-/m0/s1. The Bertz CT molecular complexity index is 597. The molecule has 0 saturated carbocycles. The summed E-state index contributed by atoms with van der Waals surface area (Å²) in [6.45, 7) is 8.04. The Kier molecular flexibility index (Phi) is 6.36. The molecule has 118 valence electrons. The van der Waals surface area contributed by atoms with Crippen LogP contribution in [0.3, 0.4) is 0 Å². The number of hydrogen-bond donors (Lipinski definition) is 2. The quantitative estimate of drug-likeness (QED) is 0.810. The normalized spacial score (nSPS) is 13.0. The molecule has 1 rings (SSSR count). The van der Waals surface area contributed by atoms with Gasteiger partial charge in [-0.05, 0) is 44.4 Å². The second-order valence-corrected chi connectivity index (χ2v) is 6.88. The van der Waals surface area contributed by atoms with E-state index in [1.165, 1.54) is 12.1 Å². The molecule has 21 heavy (non-hydrogen) atoms. The van der Waals surface area contributed by atoms with Gasteiger partial charge in [-0.3, -0.25) is 4.79 Å². The minimum absolute atomic E-state index is 0.120. The van der Waals surface area contributed by atoms with E-state index in [4.69, 9.17) is 0 Å². The summed E-state index contributed by atoms with van der Waals surface area (Å²) in [5.74, 6) is -0.241. The molecule has 0 aliphatic heterocycles. The van der Waals surface area contributed by atoms with Crippen LogP contribution in [0.5, 0.6) is 0 Å². The molecular formula is C15H24N2O3S. The number of carbonyl (C=O) groups is 1. The number of carbonyl (C=O) groups excluding carboxylic acids is 1. The van der Waals surface area contributed by atoms with Crippen molar-refractivity contribution in [1.82, 2.24) is 10.0 Å². The summed E-state index contributed by atoms with van der Waals surface area (Å²) in [6.07, 6.45) is 1.54. The highest BCUT2D eigenvalue weighted by atomic mass is 32.2. The van der Waals surface area contributed by atoms with Crippen molar-refractivity contribution in [2.24, 2.45) is 0 Å². The van der Waals surface area contributed by atoms with E-state index in [0.717, 1.165) is 12.0 Å². The van der Waals surface area contributed by atoms with E-state index < -0.39 is 10.0 Å². The molecular weight excluding hydrogens is 288 g/mol. The van der Waals surface area contributed by atoms with Crippen LogP contribution in [0.4, 0.5) is 0 Å². The molecule has 1 aromatic carbocycles. The fourth-order valence-electron chi connectivity index (χ4n) is 1.76. The third-order valence-electron chi connectivity index (χ3n) is 3.27. The third kappa shape index (κ3) is 4.82. The number of nitrogens with one attached hydrogen (secondary N) is 2. The summed E-state index contributed by atoms with van der Waals surface area (Å²) in [5.41, 5.74) is 1.15. The van der Waals surface area contributed by atoms with Crippen molar-refractivity contribution in [3.8, 4) is 0 Å². The Balaban J connectivity index is 3.09. The van der Waals surface area contributed by atoms with Crippen LogP contribution in [0.2, 0.25) is 0 Å². The maximum atomic E-state index is 12.3. The first-order valence-electron chi connectivity index (χ1n) is 7.23. The predicted molar refractivity (Wildman–Crippen MR) is 83.9 cm³/mol. The Morgan fingerprint density at radius 1 is 1.29 bits per heavy atom. The minimum atomic E-state index is -3.59. The summed E-state index contributed by atoms with van der Waals surface area (Å²) >= 11 is 0. The van der Waals surface area contributed by atoms with Crippen LogP contribution in [-0.4, -0.2) is 26.9 Å². The van der Waals surface area contributed by atoms with Gasteiger partial charge in [-0.2, -0.15) is 0 Å². The molecule has 0 aliphatic rings. The van der Waals surface area contributed by atoms with E-state index >= 15 is 0 Å². The minimum Gasteiger partial charge on any atom is -0.352 e. The third-order valence-corrected chi connectivity index (χ3v) is 4.86. The van der Waals surface area contributed by atoms with Gasteiger partial charge in [-0.25, -0.2) is 13.1 Å². The van der Waals surface area contributed by atoms with E-state index in [9.17, 15) is 13.2 Å². The molecule has 0 heterocycles. The SMILES string of the molecule is CCCNC(=O)c1cc(S(=O)(=O)N[C@@H](C)CC)ccc1C. The summed E-state index contributed by atoms with van der Waals surface area (Å²) in [7, 11) is -3.59. The molecule has 0 aliphatic carbocycles. The Morgan fingerprint density at radius 2 is 1.95 bits per heavy atom. The van der Waals surface area contributed by atoms with Gasteiger partial charge in [-0.15, -0.1) is 0 Å². The van der Waals surface area contributed by atoms with Gasteiger partial charge in [0.15, 0.2) is 0 Å². The van der Waals surface area contributed by atoms with Crippen LogP contribution in [-0.2, 0) is 10.0 Å². The van der Waals surface area contributed by atoms with Crippen molar-refractivity contribution in [3.05, 3.63) is 29.3 Å². The average Bonchev–Trinajstić information content (AvgIpc) is 2.44. The largest absolute Gasteiger partial charge is 0.352 e. The van der Waals surface area contributed by atoms with Gasteiger partial charge in [0.25, 0.3) is 5.91 Å². The lowest BCUT2D eigenvalue weighted by molar-refractivity contribution is 0.0953. The molecule has 0 spiro atoms. The highest BCUT2D eigenvalue weighted by Gasteiger charge is 2.19. The molecule has 0 unspecified atom stereocenters. The number of aryl methyl sites for hydroxylation is 1. The van der Waals surface area contributed by atoms with Gasteiger partial charge in [0.2, 0.25) is 10.0 Å². The molecule has 5 nitrogen and oxygen atoms in total. The smallest absolute Gasteiger partial charge is 0.251 e. The number of amides is 1. The number of benzene rings is 1. The Morgan fingerprint density at radius 3 is 2.52 bits per heavy atom. The topological polar surface area (TPSA) is 75.3 Å². The Hall–Kier alpha value is -1.40. The van der Waals surface area contributed by atoms with Crippen LogP contribution in [0, 0.1) is 6.92 Å². The first-order valence-corrected chi connectivity index (χ1v) is 8.71. The van der Waals surface area contributed by atoms with Crippen molar-refractivity contribution in [2.45, 2.75) is 51.5 Å². The van der Waals surface area contributed by atoms with Crippen molar-refractivity contribution >= 4 is 15.9 Å². The monoisotopic (exact) mass is 312 g/mol. The zero-order valence-corrected chi connectivity index (χ0v) is 13.9. The molecule has 6 heteroatoms. The van der Waals surface area contributed by atoms with E-state index in [1.54, 1.807) is 19.9 Å². The van der Waals surface area contributed by atoms with Crippen molar-refractivity contribution in [1.29, 1.82) is 0 Å². The van der Waals surface area contributed by atoms with Crippen LogP contribution in [0.15, 0.2) is 23.1 Å². The van der Waals surface area contributed by atoms with Crippen molar-refractivity contribution in [3.63, 3.8) is 0 Å². The van der Waals surface area contributed by atoms with Gasteiger partial charge in [-0.1, -0.05) is 19.9 Å². The van der Waals surface area contributed by atoms with Gasteiger partial charge in [0.05, 0.1) is 4.90 Å². The molecule has 0 saturated heterocycles. The molecule has 1 atom stereocenters. The summed E-state index contributed by atoms with van der Waals surface area (Å²) in [4.78, 5) is 12.2. The number of rotatable bonds is 7. The lowest BCUT2D eigenvalue weighted by Gasteiger charge is -2.14. The van der Waals surface area contributed by atoms with Crippen LogP contribution >= 0.6 is 0 Å². The second-order valence-electron chi connectivity index (χ2n) is 5.16. The van der Waals surface area contributed by atoms with E-state index in [1.807, 2.05) is 13.8 Å². The average molecular weight is 312 g/mol. The maximum absolute atomic E-state index is 12.3. The number of sulfonamides is 1. The van der Waals surface area contributed by atoms with Crippen LogP contribution < -0.4 is 10.0 Å². The molecule has 0 bridgehead atoms. The highest BCUT2D eigenvalue weighted by Crippen LogP contribution is 2.16. The van der Waals surface area contributed by atoms with Gasteiger partial charge in [0, 0.05) is 18.2 Å². The van der Waals surface area contributed by atoms with Gasteiger partial charge >= 0.3 is 0 Å². The summed E-state index contributed by atoms with van der Waals surface area (Å²) in [6, 6.07) is 4.47. The van der Waals surface area contributed by atoms with Gasteiger partial charge in [0.1, 0.15) is 0 Å². The zero-order valence-electron chi connectivity index (χ0n) is 13.1. The van der Waals surface area contributed by atoms with Crippen molar-refractivity contribution < 1.29 is 13.2 Å². The molecule has 1 aromatic rings. The summed E-state index contributed by atoms with van der Waals surface area (Å²) < 4.78 is 27.1. The molecule has 0 radical (unpaired) electrons. The molecule has 1 amide bonds. The van der Waals surface area contributed by atoms with Crippen molar-refractivity contribution in [2.75, 3.05) is 6.54 Å².